The molecule has 0 spiro atoms. The van der Waals surface area contributed by atoms with Crippen molar-refractivity contribution in [3.8, 4) is 0 Å². The molecule has 0 aliphatic heterocycles. The van der Waals surface area contributed by atoms with Crippen molar-refractivity contribution in [2.45, 2.75) is 27.3 Å². The number of rotatable bonds is 3. The van der Waals surface area contributed by atoms with Crippen molar-refractivity contribution in [2.24, 2.45) is 0 Å². The molecule has 17 heavy (non-hydrogen) atoms. The monoisotopic (exact) mass is 358 g/mol. The molecule has 2 aromatic rings. The van der Waals surface area contributed by atoms with Gasteiger partial charge in [-0.2, -0.15) is 0 Å². The van der Waals surface area contributed by atoms with Gasteiger partial charge in [-0.05, 0) is 66.6 Å². The fraction of sp³-hybridized carbons (Fsp3) is 0.308. The highest BCUT2D eigenvalue weighted by molar-refractivity contribution is 14.1. The van der Waals surface area contributed by atoms with Crippen LogP contribution in [0.25, 0.3) is 0 Å². The first-order valence-corrected chi connectivity index (χ1v) is 7.38. The minimum Gasteiger partial charge on any atom is -0.357 e. The van der Waals surface area contributed by atoms with E-state index < -0.39 is 0 Å². The molecule has 0 saturated carbocycles. The summed E-state index contributed by atoms with van der Waals surface area (Å²) in [6, 6.07) is 6.52. The second-order valence-corrected chi connectivity index (χ2v) is 6.53. The van der Waals surface area contributed by atoms with Crippen molar-refractivity contribution < 1.29 is 0 Å². The first-order chi connectivity index (χ1) is 8.06. The average molecular weight is 358 g/mol. The second kappa shape index (κ2) is 5.35. The van der Waals surface area contributed by atoms with E-state index in [2.05, 4.69) is 64.9 Å². The van der Waals surface area contributed by atoms with Gasteiger partial charge in [-0.15, -0.1) is 11.3 Å². The third-order valence-corrected chi connectivity index (χ3v) is 4.46. The van der Waals surface area contributed by atoms with Crippen molar-refractivity contribution in [3.05, 3.63) is 43.5 Å². The molecule has 1 aromatic carbocycles. The van der Waals surface area contributed by atoms with Gasteiger partial charge >= 0.3 is 0 Å². The lowest BCUT2D eigenvalue weighted by Gasteiger charge is -2.07. The third kappa shape index (κ3) is 3.19. The Morgan fingerprint density at radius 2 is 2.06 bits per heavy atom. The highest BCUT2D eigenvalue weighted by Gasteiger charge is 2.04. The van der Waals surface area contributed by atoms with E-state index in [9.17, 15) is 0 Å². The molecule has 0 bridgehead atoms. The number of aryl methyl sites for hydroxylation is 3. The lowest BCUT2D eigenvalue weighted by atomic mass is 10.1. The Hall–Kier alpha value is -0.620. The van der Waals surface area contributed by atoms with Gasteiger partial charge in [-0.25, -0.2) is 4.98 Å². The number of nitrogens with one attached hydrogen (secondary N) is 1. The van der Waals surface area contributed by atoms with E-state index in [-0.39, 0.29) is 0 Å². The van der Waals surface area contributed by atoms with Gasteiger partial charge in [-0.1, -0.05) is 6.07 Å². The molecular formula is C13H15IN2S. The largest absolute Gasteiger partial charge is 0.357 e. The summed E-state index contributed by atoms with van der Waals surface area (Å²) in [5.41, 5.74) is 3.78. The maximum Gasteiger partial charge on any atom is 0.183 e. The minimum atomic E-state index is 0.842. The maximum absolute atomic E-state index is 4.48. The first-order valence-electron chi connectivity index (χ1n) is 5.49. The van der Waals surface area contributed by atoms with Crippen molar-refractivity contribution in [2.75, 3.05) is 5.32 Å². The van der Waals surface area contributed by atoms with Gasteiger partial charge in [-0.3, -0.25) is 0 Å². The predicted octanol–water partition coefficient (Wildman–Crippen LogP) is 4.29. The van der Waals surface area contributed by atoms with E-state index in [0.717, 1.165) is 17.4 Å². The van der Waals surface area contributed by atoms with Crippen molar-refractivity contribution >= 4 is 39.1 Å². The Bertz CT molecular complexity index is 515. The van der Waals surface area contributed by atoms with Gasteiger partial charge < -0.3 is 5.32 Å². The number of benzene rings is 1. The van der Waals surface area contributed by atoms with Gasteiger partial charge in [0.25, 0.3) is 0 Å². The lowest BCUT2D eigenvalue weighted by Crippen LogP contribution is -2.01. The van der Waals surface area contributed by atoms with Crippen LogP contribution in [0.5, 0.6) is 0 Å². The molecule has 0 saturated heterocycles. The smallest absolute Gasteiger partial charge is 0.183 e. The van der Waals surface area contributed by atoms with Crippen molar-refractivity contribution in [1.82, 2.24) is 4.98 Å². The Labute approximate surface area is 120 Å². The van der Waals surface area contributed by atoms with E-state index in [1.54, 1.807) is 11.3 Å². The highest BCUT2D eigenvalue weighted by atomic mass is 127. The van der Waals surface area contributed by atoms with Crippen molar-refractivity contribution in [3.63, 3.8) is 0 Å². The normalized spacial score (nSPS) is 10.6. The van der Waals surface area contributed by atoms with Gasteiger partial charge in [0.2, 0.25) is 0 Å². The Balaban J connectivity index is 2.07. The molecule has 4 heteroatoms. The van der Waals surface area contributed by atoms with Gasteiger partial charge in [0.15, 0.2) is 5.13 Å². The van der Waals surface area contributed by atoms with Crippen LogP contribution in [-0.2, 0) is 6.54 Å². The second-order valence-electron chi connectivity index (χ2n) is 4.08. The summed E-state index contributed by atoms with van der Waals surface area (Å²) in [4.78, 5) is 5.76. The van der Waals surface area contributed by atoms with Crippen molar-refractivity contribution in [1.29, 1.82) is 0 Å². The zero-order valence-electron chi connectivity index (χ0n) is 10.2. The molecule has 0 aliphatic rings. The van der Waals surface area contributed by atoms with Gasteiger partial charge in [0.1, 0.15) is 0 Å². The van der Waals surface area contributed by atoms with E-state index in [0.29, 0.717) is 0 Å². The predicted molar refractivity (Wildman–Crippen MR) is 82.8 cm³/mol. The van der Waals surface area contributed by atoms with Crippen LogP contribution >= 0.6 is 33.9 Å². The van der Waals surface area contributed by atoms with Gasteiger partial charge in [0, 0.05) is 15.0 Å². The van der Waals surface area contributed by atoms with Crippen LogP contribution in [0.15, 0.2) is 18.2 Å². The number of thiazole rings is 1. The Morgan fingerprint density at radius 1 is 1.29 bits per heavy atom. The number of hydrogen-bond donors (Lipinski definition) is 1. The summed E-state index contributed by atoms with van der Waals surface area (Å²) >= 11 is 4.06. The molecular weight excluding hydrogens is 343 g/mol. The number of hydrogen-bond acceptors (Lipinski definition) is 3. The number of halogens is 1. The molecule has 0 fully saturated rings. The zero-order valence-corrected chi connectivity index (χ0v) is 13.1. The molecule has 90 valence electrons. The summed E-state index contributed by atoms with van der Waals surface area (Å²) in [6.07, 6.45) is 0. The molecule has 1 heterocycles. The molecule has 2 rings (SSSR count). The van der Waals surface area contributed by atoms with Gasteiger partial charge in [0.05, 0.1) is 5.69 Å². The molecule has 0 atom stereocenters. The molecule has 0 unspecified atom stereocenters. The van der Waals surface area contributed by atoms with Crippen LogP contribution in [0, 0.1) is 24.3 Å². The average Bonchev–Trinajstić information content (AvgIpc) is 2.57. The SMILES string of the molecule is Cc1cc(I)ccc1CNc1nc(C)c(C)s1. The van der Waals surface area contributed by atoms with E-state index in [1.165, 1.54) is 19.6 Å². The number of anilines is 1. The van der Waals surface area contributed by atoms with Crippen LogP contribution < -0.4 is 5.32 Å². The Kier molecular flexibility index (Phi) is 4.04. The van der Waals surface area contributed by atoms with Crippen LogP contribution in [0.1, 0.15) is 21.7 Å². The molecule has 1 aromatic heterocycles. The lowest BCUT2D eigenvalue weighted by molar-refractivity contribution is 1.09. The van der Waals surface area contributed by atoms with Crippen LogP contribution in [0.3, 0.4) is 0 Å². The summed E-state index contributed by atoms with van der Waals surface area (Å²) < 4.78 is 1.28. The minimum absolute atomic E-state index is 0.842. The maximum atomic E-state index is 4.48. The van der Waals surface area contributed by atoms with E-state index >= 15 is 0 Å². The standard InChI is InChI=1S/C13H15IN2S/c1-8-6-12(14)5-4-11(8)7-15-13-16-9(2)10(3)17-13/h4-6H,7H2,1-3H3,(H,15,16). The molecule has 0 aliphatic carbocycles. The summed E-state index contributed by atoms with van der Waals surface area (Å²) in [6.45, 7) is 7.15. The third-order valence-electron chi connectivity index (χ3n) is 2.76. The van der Waals surface area contributed by atoms with Crippen LogP contribution in [0.4, 0.5) is 5.13 Å². The topological polar surface area (TPSA) is 24.9 Å². The van der Waals surface area contributed by atoms with E-state index in [1.807, 2.05) is 6.92 Å². The molecule has 0 radical (unpaired) electrons. The number of aromatic nitrogens is 1. The fourth-order valence-electron chi connectivity index (χ4n) is 1.58. The molecule has 0 amide bonds. The summed E-state index contributed by atoms with van der Waals surface area (Å²) in [7, 11) is 0. The molecule has 2 nitrogen and oxygen atoms in total. The highest BCUT2D eigenvalue weighted by Crippen LogP contribution is 2.22. The van der Waals surface area contributed by atoms with Crippen LogP contribution in [0.2, 0.25) is 0 Å². The van der Waals surface area contributed by atoms with Crippen LogP contribution in [-0.4, -0.2) is 4.98 Å². The quantitative estimate of drug-likeness (QED) is 0.829. The Morgan fingerprint density at radius 3 is 2.65 bits per heavy atom. The summed E-state index contributed by atoms with van der Waals surface area (Å²) in [5, 5.41) is 4.40. The first kappa shape index (κ1) is 12.8. The zero-order chi connectivity index (χ0) is 12.4. The number of nitrogens with zero attached hydrogens (tertiary/aromatic N) is 1. The molecule has 1 N–H and O–H groups in total. The van der Waals surface area contributed by atoms with E-state index in [4.69, 9.17) is 0 Å². The summed E-state index contributed by atoms with van der Waals surface area (Å²) in [5.74, 6) is 0. The fourth-order valence-corrected chi connectivity index (χ4v) is 3.03.